The van der Waals surface area contributed by atoms with Crippen molar-refractivity contribution < 1.29 is 8.42 Å². The van der Waals surface area contributed by atoms with Gasteiger partial charge in [0.1, 0.15) is 5.82 Å². The lowest BCUT2D eigenvalue weighted by molar-refractivity contribution is 0.582. The number of sulfone groups is 1. The van der Waals surface area contributed by atoms with E-state index in [0.29, 0.717) is 18.7 Å². The zero-order valence-corrected chi connectivity index (χ0v) is 20.5. The van der Waals surface area contributed by atoms with E-state index in [4.69, 9.17) is 4.99 Å². The molecule has 5 rings (SSSR count). The molecule has 1 aromatic carbocycles. The molecule has 0 aliphatic carbocycles. The summed E-state index contributed by atoms with van der Waals surface area (Å²) in [5.41, 5.74) is 6.95. The van der Waals surface area contributed by atoms with E-state index >= 15 is 0 Å². The Morgan fingerprint density at radius 2 is 1.91 bits per heavy atom. The number of rotatable bonds is 5. The van der Waals surface area contributed by atoms with Crippen molar-refractivity contribution in [2.24, 2.45) is 12.0 Å². The van der Waals surface area contributed by atoms with Gasteiger partial charge in [0.05, 0.1) is 17.7 Å². The summed E-state index contributed by atoms with van der Waals surface area (Å²) in [6.07, 6.45) is 12.7. The second-order valence-corrected chi connectivity index (χ2v) is 10.8. The summed E-state index contributed by atoms with van der Waals surface area (Å²) in [7, 11) is -1.24. The number of aryl methyl sites for hydroxylation is 2. The predicted molar refractivity (Wildman–Crippen MR) is 139 cm³/mol. The highest BCUT2D eigenvalue weighted by Gasteiger charge is 2.21. The second kappa shape index (κ2) is 9.46. The van der Waals surface area contributed by atoms with Crippen molar-refractivity contribution in [2.45, 2.75) is 25.8 Å². The zero-order valence-electron chi connectivity index (χ0n) is 19.7. The van der Waals surface area contributed by atoms with Gasteiger partial charge >= 0.3 is 0 Å². The summed E-state index contributed by atoms with van der Waals surface area (Å²) < 4.78 is 25.5. The Bertz CT molecular complexity index is 1480. The van der Waals surface area contributed by atoms with Gasteiger partial charge in [0.25, 0.3) is 0 Å². The fraction of sp³-hybridized carbons (Fsp3) is 0.222. The molecule has 0 spiro atoms. The van der Waals surface area contributed by atoms with E-state index in [0.717, 1.165) is 39.2 Å². The van der Waals surface area contributed by atoms with Crippen LogP contribution in [0.5, 0.6) is 0 Å². The molecule has 178 valence electrons. The summed E-state index contributed by atoms with van der Waals surface area (Å²) >= 11 is 0. The SMILES string of the molecule is Cc1ccc(-c2cccc(C3=NC(NC4C=CS(=O)(=O)CC4)=C(c4cnn(C)c4)C=CC3)c2)cn1. The van der Waals surface area contributed by atoms with E-state index in [-0.39, 0.29) is 11.8 Å². The first-order valence-corrected chi connectivity index (χ1v) is 13.3. The normalized spacial score (nSPS) is 19.4. The Hall–Kier alpha value is -3.78. The maximum Gasteiger partial charge on any atom is 0.171 e. The molecular formula is C27H27N5O2S. The van der Waals surface area contributed by atoms with Crippen LogP contribution in [0, 0.1) is 6.92 Å². The predicted octanol–water partition coefficient (Wildman–Crippen LogP) is 4.20. The molecule has 1 unspecified atom stereocenters. The summed E-state index contributed by atoms with van der Waals surface area (Å²) in [4.78, 5) is 9.51. The third-order valence-corrected chi connectivity index (χ3v) is 7.48. The van der Waals surface area contributed by atoms with Crippen molar-refractivity contribution in [3.8, 4) is 11.1 Å². The van der Waals surface area contributed by atoms with E-state index < -0.39 is 9.84 Å². The third-order valence-electron chi connectivity index (χ3n) is 6.11. The van der Waals surface area contributed by atoms with E-state index in [1.54, 1.807) is 10.8 Å². The lowest BCUT2D eigenvalue weighted by Crippen LogP contribution is -2.31. The van der Waals surface area contributed by atoms with E-state index in [1.165, 1.54) is 5.41 Å². The number of nitrogens with zero attached hydrogens (tertiary/aromatic N) is 4. The summed E-state index contributed by atoms with van der Waals surface area (Å²) in [5, 5.41) is 9.11. The fourth-order valence-corrected chi connectivity index (χ4v) is 5.32. The molecule has 35 heavy (non-hydrogen) atoms. The van der Waals surface area contributed by atoms with Crippen LogP contribution in [-0.4, -0.2) is 40.7 Å². The van der Waals surface area contributed by atoms with E-state index in [9.17, 15) is 8.42 Å². The number of benzene rings is 1. The van der Waals surface area contributed by atoms with Gasteiger partial charge in [-0.1, -0.05) is 42.5 Å². The first kappa shape index (κ1) is 23.0. The molecule has 4 heterocycles. The van der Waals surface area contributed by atoms with E-state index in [1.807, 2.05) is 44.7 Å². The average molecular weight is 486 g/mol. The molecule has 0 radical (unpaired) electrons. The summed E-state index contributed by atoms with van der Waals surface area (Å²) in [6.45, 7) is 1.98. The minimum Gasteiger partial charge on any atom is -0.363 e. The van der Waals surface area contributed by atoms with Crippen LogP contribution in [0.3, 0.4) is 0 Å². The largest absolute Gasteiger partial charge is 0.363 e. The third kappa shape index (κ3) is 5.33. The quantitative estimate of drug-likeness (QED) is 0.585. The van der Waals surface area contributed by atoms with Crippen molar-refractivity contribution >= 4 is 21.1 Å². The van der Waals surface area contributed by atoms with Crippen LogP contribution < -0.4 is 5.32 Å². The van der Waals surface area contributed by atoms with Gasteiger partial charge < -0.3 is 5.32 Å². The lowest BCUT2D eigenvalue weighted by atomic mass is 10.0. The Balaban J connectivity index is 1.55. The molecule has 2 aromatic heterocycles. The number of hydrogen-bond donors (Lipinski definition) is 1. The minimum absolute atomic E-state index is 0.121. The highest BCUT2D eigenvalue weighted by molar-refractivity contribution is 7.94. The van der Waals surface area contributed by atoms with Gasteiger partial charge in [-0.3, -0.25) is 9.67 Å². The first-order chi connectivity index (χ1) is 16.9. The Kier molecular flexibility index (Phi) is 6.21. The maximum atomic E-state index is 11.9. The van der Waals surface area contributed by atoms with Gasteiger partial charge in [0, 0.05) is 59.7 Å². The first-order valence-electron chi connectivity index (χ1n) is 11.5. The molecule has 3 aromatic rings. The molecule has 0 amide bonds. The number of aromatic nitrogens is 3. The minimum atomic E-state index is -3.12. The lowest BCUT2D eigenvalue weighted by Gasteiger charge is -2.21. The van der Waals surface area contributed by atoms with Crippen molar-refractivity contribution in [1.29, 1.82) is 0 Å². The number of pyridine rings is 1. The average Bonchev–Trinajstić information content (AvgIpc) is 3.16. The van der Waals surface area contributed by atoms with Crippen LogP contribution >= 0.6 is 0 Å². The summed E-state index contributed by atoms with van der Waals surface area (Å²) in [5.74, 6) is 0.827. The second-order valence-electron chi connectivity index (χ2n) is 8.83. The van der Waals surface area contributed by atoms with Crippen molar-refractivity contribution in [2.75, 3.05) is 5.75 Å². The van der Waals surface area contributed by atoms with Crippen molar-refractivity contribution in [1.82, 2.24) is 20.1 Å². The number of hydrogen-bond acceptors (Lipinski definition) is 6. The van der Waals surface area contributed by atoms with Crippen LogP contribution in [0.15, 0.2) is 89.4 Å². The Morgan fingerprint density at radius 3 is 2.63 bits per heavy atom. The number of nitrogens with one attached hydrogen (secondary N) is 1. The monoisotopic (exact) mass is 485 g/mol. The van der Waals surface area contributed by atoms with Gasteiger partial charge in [-0.25, -0.2) is 13.4 Å². The Morgan fingerprint density at radius 1 is 1.06 bits per heavy atom. The van der Waals surface area contributed by atoms with Gasteiger partial charge in [-0.2, -0.15) is 5.10 Å². The summed E-state index contributed by atoms with van der Waals surface area (Å²) in [6, 6.07) is 12.3. The highest BCUT2D eigenvalue weighted by Crippen LogP contribution is 2.27. The van der Waals surface area contributed by atoms with E-state index in [2.05, 4.69) is 51.8 Å². The number of allylic oxidation sites excluding steroid dienone is 3. The molecular weight excluding hydrogens is 458 g/mol. The molecule has 0 saturated carbocycles. The van der Waals surface area contributed by atoms with Gasteiger partial charge in [-0.15, -0.1) is 0 Å². The van der Waals surface area contributed by atoms with Crippen molar-refractivity contribution in [3.63, 3.8) is 0 Å². The Labute approximate surface area is 205 Å². The van der Waals surface area contributed by atoms with Crippen LogP contribution in [-0.2, 0) is 16.9 Å². The van der Waals surface area contributed by atoms with Crippen molar-refractivity contribution in [3.05, 3.63) is 101 Å². The topological polar surface area (TPSA) is 89.2 Å². The standard InChI is InChI=1S/C27H27N5O2S/c1-19-9-10-22(16-28-19)20-5-3-6-21(15-20)26-8-4-7-25(23-17-29-32(2)18-23)27(31-26)30-24-11-13-35(33,34)14-12-24/h3-7,9-11,13,15-18,24,30H,8,12,14H2,1-2H3. The zero-order chi connectivity index (χ0) is 24.4. The van der Waals surface area contributed by atoms with Crippen LogP contribution in [0.1, 0.15) is 29.7 Å². The van der Waals surface area contributed by atoms with Gasteiger partial charge in [0.15, 0.2) is 9.84 Å². The molecule has 1 N–H and O–H groups in total. The maximum absolute atomic E-state index is 11.9. The molecule has 8 heteroatoms. The molecule has 2 aliphatic heterocycles. The van der Waals surface area contributed by atoms with Crippen LogP contribution in [0.25, 0.3) is 16.7 Å². The number of aliphatic imine (C=N–C) groups is 1. The van der Waals surface area contributed by atoms with Gasteiger partial charge in [0.2, 0.25) is 0 Å². The molecule has 2 aliphatic rings. The molecule has 7 nitrogen and oxygen atoms in total. The molecule has 0 fully saturated rings. The molecule has 0 bridgehead atoms. The van der Waals surface area contributed by atoms with Crippen LogP contribution in [0.4, 0.5) is 0 Å². The molecule has 1 atom stereocenters. The van der Waals surface area contributed by atoms with Crippen LogP contribution in [0.2, 0.25) is 0 Å². The smallest absolute Gasteiger partial charge is 0.171 e. The van der Waals surface area contributed by atoms with Gasteiger partial charge in [-0.05, 0) is 36.6 Å². The fourth-order valence-electron chi connectivity index (χ4n) is 4.18. The highest BCUT2D eigenvalue weighted by atomic mass is 32.2. The molecule has 0 saturated heterocycles.